The van der Waals surface area contributed by atoms with Gasteiger partial charge in [-0.3, -0.25) is 4.99 Å². The average molecular weight is 384 g/mol. The Bertz CT molecular complexity index is 1180. The number of esters is 1. The van der Waals surface area contributed by atoms with Crippen LogP contribution in [0.25, 0.3) is 22.2 Å². The first kappa shape index (κ1) is 18.5. The van der Waals surface area contributed by atoms with Crippen LogP contribution in [0.3, 0.4) is 0 Å². The Hall–Kier alpha value is -3.86. The number of carbonyl (C=O) groups is 1. The normalized spacial score (nSPS) is 11.1. The van der Waals surface area contributed by atoms with E-state index in [1.165, 1.54) is 7.11 Å². The number of nitrogens with zero attached hydrogens (tertiary/aromatic N) is 1. The van der Waals surface area contributed by atoms with Crippen LogP contribution in [0, 0.1) is 0 Å². The minimum atomic E-state index is -0.365. The van der Waals surface area contributed by atoms with E-state index in [4.69, 9.17) is 9.47 Å². The predicted octanol–water partition coefficient (Wildman–Crippen LogP) is 5.38. The zero-order chi connectivity index (χ0) is 20.2. The van der Waals surface area contributed by atoms with Crippen LogP contribution >= 0.6 is 0 Å². The number of ether oxygens (including phenoxy) is 2. The van der Waals surface area contributed by atoms with Gasteiger partial charge in [0.2, 0.25) is 0 Å². The van der Waals surface area contributed by atoms with Gasteiger partial charge in [0.15, 0.2) is 0 Å². The van der Waals surface area contributed by atoms with E-state index in [2.05, 4.69) is 22.1 Å². The zero-order valence-electron chi connectivity index (χ0n) is 16.2. The van der Waals surface area contributed by atoms with Gasteiger partial charge in [0.25, 0.3) is 0 Å². The molecule has 144 valence electrons. The number of fused-ring (bicyclic) bond motifs is 1. The van der Waals surface area contributed by atoms with Crippen LogP contribution in [0.1, 0.15) is 15.9 Å². The third kappa shape index (κ3) is 3.75. The predicted molar refractivity (Wildman–Crippen MR) is 115 cm³/mol. The molecule has 5 nitrogen and oxygen atoms in total. The molecule has 0 aliphatic rings. The third-order valence-corrected chi connectivity index (χ3v) is 4.74. The molecule has 1 heterocycles. The lowest BCUT2D eigenvalue weighted by atomic mass is 10.1. The Kier molecular flexibility index (Phi) is 5.12. The van der Waals surface area contributed by atoms with Crippen molar-refractivity contribution in [1.82, 2.24) is 4.98 Å². The molecule has 0 radical (unpaired) electrons. The molecule has 1 N–H and O–H groups in total. The molecule has 0 bridgehead atoms. The lowest BCUT2D eigenvalue weighted by Gasteiger charge is -2.02. The number of aromatic nitrogens is 1. The molecule has 3 aromatic carbocycles. The van der Waals surface area contributed by atoms with Gasteiger partial charge in [-0.25, -0.2) is 4.79 Å². The number of hydrogen-bond acceptors (Lipinski definition) is 4. The topological polar surface area (TPSA) is 63.7 Å². The van der Waals surface area contributed by atoms with Crippen molar-refractivity contribution in [1.29, 1.82) is 0 Å². The Morgan fingerprint density at radius 3 is 2.41 bits per heavy atom. The summed E-state index contributed by atoms with van der Waals surface area (Å²) >= 11 is 0. The Labute approximate surface area is 168 Å². The van der Waals surface area contributed by atoms with E-state index in [1.54, 1.807) is 31.4 Å². The summed E-state index contributed by atoms with van der Waals surface area (Å²) in [5.74, 6) is 0.420. The second-order valence-corrected chi connectivity index (χ2v) is 6.49. The fourth-order valence-corrected chi connectivity index (χ4v) is 3.23. The molecular formula is C24H20N2O3. The fourth-order valence-electron chi connectivity index (χ4n) is 3.23. The molecule has 0 spiro atoms. The number of benzene rings is 3. The monoisotopic (exact) mass is 384 g/mol. The smallest absolute Gasteiger partial charge is 0.337 e. The molecular weight excluding hydrogens is 364 g/mol. The van der Waals surface area contributed by atoms with Crippen LogP contribution < -0.4 is 4.74 Å². The molecule has 29 heavy (non-hydrogen) atoms. The molecule has 0 saturated heterocycles. The number of carbonyl (C=O) groups excluding carboxylic acids is 1. The molecule has 0 amide bonds. The van der Waals surface area contributed by atoms with Gasteiger partial charge in [0.1, 0.15) is 5.75 Å². The molecule has 4 rings (SSSR count). The second kappa shape index (κ2) is 8.02. The maximum atomic E-state index is 11.6. The molecule has 0 unspecified atom stereocenters. The molecule has 0 fully saturated rings. The van der Waals surface area contributed by atoms with E-state index >= 15 is 0 Å². The summed E-state index contributed by atoms with van der Waals surface area (Å²) in [6.45, 7) is 0. The highest BCUT2D eigenvalue weighted by atomic mass is 16.5. The molecule has 0 aliphatic heterocycles. The molecule has 0 aliphatic carbocycles. The SMILES string of the molecule is COC(=O)c1ccc(N=Cc2c(-c3ccccc3)[nH]c3ccc(OC)cc23)cc1. The van der Waals surface area contributed by atoms with Crippen LogP contribution in [0.4, 0.5) is 5.69 Å². The van der Waals surface area contributed by atoms with Crippen LogP contribution in [0.2, 0.25) is 0 Å². The van der Waals surface area contributed by atoms with Crippen molar-refractivity contribution in [3.8, 4) is 17.0 Å². The first-order valence-corrected chi connectivity index (χ1v) is 9.17. The standard InChI is InChI=1S/C24H20N2O3/c1-28-19-12-13-22-20(14-19)21(23(26-22)16-6-4-3-5-7-16)15-25-18-10-8-17(9-11-18)24(27)29-2/h3-15,26H,1-2H3. The number of aliphatic imine (C=N–C) groups is 1. The van der Waals surface area contributed by atoms with Gasteiger partial charge in [-0.2, -0.15) is 0 Å². The van der Waals surface area contributed by atoms with Gasteiger partial charge in [-0.15, -0.1) is 0 Å². The number of methoxy groups -OCH3 is 2. The van der Waals surface area contributed by atoms with Crippen molar-refractivity contribution in [3.05, 3.63) is 83.9 Å². The van der Waals surface area contributed by atoms with Crippen LogP contribution in [0.15, 0.2) is 77.8 Å². The number of aromatic amines is 1. The molecule has 1 aromatic heterocycles. The van der Waals surface area contributed by atoms with Crippen molar-refractivity contribution in [3.63, 3.8) is 0 Å². The van der Waals surface area contributed by atoms with Crippen molar-refractivity contribution < 1.29 is 14.3 Å². The van der Waals surface area contributed by atoms with Gasteiger partial charge in [-0.05, 0) is 48.0 Å². The lowest BCUT2D eigenvalue weighted by molar-refractivity contribution is 0.0601. The van der Waals surface area contributed by atoms with Gasteiger partial charge >= 0.3 is 5.97 Å². The number of hydrogen-bond donors (Lipinski definition) is 1. The summed E-state index contributed by atoms with van der Waals surface area (Å²) in [5, 5.41) is 1.03. The summed E-state index contributed by atoms with van der Waals surface area (Å²) in [6.07, 6.45) is 1.84. The van der Waals surface area contributed by atoms with Crippen molar-refractivity contribution in [2.45, 2.75) is 0 Å². The van der Waals surface area contributed by atoms with Crippen LogP contribution in [0.5, 0.6) is 5.75 Å². The Morgan fingerprint density at radius 1 is 0.966 bits per heavy atom. The molecule has 0 atom stereocenters. The van der Waals surface area contributed by atoms with Gasteiger partial charge in [0.05, 0.1) is 31.2 Å². The lowest BCUT2D eigenvalue weighted by Crippen LogP contribution is -1.99. The largest absolute Gasteiger partial charge is 0.497 e. The first-order chi connectivity index (χ1) is 14.2. The number of rotatable bonds is 5. The fraction of sp³-hybridized carbons (Fsp3) is 0.0833. The van der Waals surface area contributed by atoms with E-state index < -0.39 is 0 Å². The highest BCUT2D eigenvalue weighted by molar-refractivity contribution is 6.06. The average Bonchev–Trinajstić information content (AvgIpc) is 3.15. The molecule has 4 aromatic rings. The summed E-state index contributed by atoms with van der Waals surface area (Å²) in [4.78, 5) is 19.7. The Balaban J connectivity index is 1.78. The maximum Gasteiger partial charge on any atom is 0.337 e. The number of H-pyrrole nitrogens is 1. The van der Waals surface area contributed by atoms with Gasteiger partial charge in [-0.1, -0.05) is 30.3 Å². The zero-order valence-corrected chi connectivity index (χ0v) is 16.2. The number of nitrogens with one attached hydrogen (secondary N) is 1. The quantitative estimate of drug-likeness (QED) is 0.371. The third-order valence-electron chi connectivity index (χ3n) is 4.74. The second-order valence-electron chi connectivity index (χ2n) is 6.49. The van der Waals surface area contributed by atoms with Crippen LogP contribution in [-0.4, -0.2) is 31.4 Å². The molecule has 0 saturated carbocycles. The van der Waals surface area contributed by atoms with Crippen molar-refractivity contribution in [2.75, 3.05) is 14.2 Å². The summed E-state index contributed by atoms with van der Waals surface area (Å²) in [6, 6.07) is 23.1. The summed E-state index contributed by atoms with van der Waals surface area (Å²) < 4.78 is 10.1. The maximum absolute atomic E-state index is 11.6. The minimum Gasteiger partial charge on any atom is -0.497 e. The van der Waals surface area contributed by atoms with Gasteiger partial charge < -0.3 is 14.5 Å². The van der Waals surface area contributed by atoms with E-state index in [9.17, 15) is 4.79 Å². The van der Waals surface area contributed by atoms with Gasteiger partial charge in [0, 0.05) is 22.7 Å². The van der Waals surface area contributed by atoms with E-state index in [0.717, 1.165) is 39.2 Å². The highest BCUT2D eigenvalue weighted by Crippen LogP contribution is 2.32. The van der Waals surface area contributed by atoms with E-state index in [0.29, 0.717) is 5.56 Å². The molecule has 5 heteroatoms. The Morgan fingerprint density at radius 2 is 1.72 bits per heavy atom. The van der Waals surface area contributed by atoms with E-state index in [1.807, 2.05) is 42.6 Å². The van der Waals surface area contributed by atoms with Crippen molar-refractivity contribution in [2.24, 2.45) is 4.99 Å². The van der Waals surface area contributed by atoms with Crippen LogP contribution in [-0.2, 0) is 4.74 Å². The van der Waals surface area contributed by atoms with Crippen molar-refractivity contribution >= 4 is 28.8 Å². The summed E-state index contributed by atoms with van der Waals surface area (Å²) in [7, 11) is 3.02. The van der Waals surface area contributed by atoms with E-state index in [-0.39, 0.29) is 5.97 Å². The minimum absolute atomic E-state index is 0.365. The summed E-state index contributed by atoms with van der Waals surface area (Å²) in [5.41, 5.74) is 5.28. The highest BCUT2D eigenvalue weighted by Gasteiger charge is 2.12. The first-order valence-electron chi connectivity index (χ1n) is 9.17.